The van der Waals surface area contributed by atoms with Gasteiger partial charge in [0.2, 0.25) is 0 Å². The van der Waals surface area contributed by atoms with Gasteiger partial charge in [0, 0.05) is 14.1 Å². The predicted octanol–water partition coefficient (Wildman–Crippen LogP) is 2.45. The molecule has 1 aromatic carbocycles. The molecule has 0 aliphatic carbocycles. The van der Waals surface area contributed by atoms with Crippen LogP contribution in [0.1, 0.15) is 12.5 Å². The maximum Gasteiger partial charge on any atom is 0.149 e. The van der Waals surface area contributed by atoms with Crippen molar-refractivity contribution in [2.24, 2.45) is 0 Å². The highest BCUT2D eigenvalue weighted by molar-refractivity contribution is 5.48. The van der Waals surface area contributed by atoms with E-state index in [-0.39, 0.29) is 5.82 Å². The zero-order chi connectivity index (χ0) is 9.14. The molecule has 0 fully saturated rings. The lowest BCUT2D eigenvalue weighted by molar-refractivity contribution is 0.611. The monoisotopic (exact) mass is 167 g/mol. The molecule has 2 heteroatoms. The second kappa shape index (κ2) is 3.57. The molecule has 1 aromatic rings. The summed E-state index contributed by atoms with van der Waals surface area (Å²) in [5.74, 6) is -0.0926. The van der Waals surface area contributed by atoms with Crippen LogP contribution >= 0.6 is 0 Å². The minimum absolute atomic E-state index is 0.0926. The Labute approximate surface area is 72.8 Å². The molecule has 0 radical (unpaired) electrons. The molecule has 0 N–H and O–H groups in total. The summed E-state index contributed by atoms with van der Waals surface area (Å²) in [5, 5.41) is 0. The van der Waals surface area contributed by atoms with E-state index in [1.54, 1.807) is 11.0 Å². The average Bonchev–Trinajstić information content (AvgIpc) is 2.04. The molecule has 0 aliphatic heterocycles. The number of benzene rings is 1. The highest BCUT2D eigenvalue weighted by Gasteiger charge is 2.06. The highest BCUT2D eigenvalue weighted by Crippen LogP contribution is 2.20. The van der Waals surface area contributed by atoms with Crippen LogP contribution in [0.3, 0.4) is 0 Å². The fourth-order valence-corrected chi connectivity index (χ4v) is 1.18. The van der Waals surface area contributed by atoms with Crippen molar-refractivity contribution in [1.82, 2.24) is 0 Å². The van der Waals surface area contributed by atoms with E-state index in [1.165, 1.54) is 0 Å². The van der Waals surface area contributed by atoms with Crippen molar-refractivity contribution >= 4 is 5.69 Å². The predicted molar refractivity (Wildman–Crippen MR) is 50.1 cm³/mol. The highest BCUT2D eigenvalue weighted by atomic mass is 19.1. The molecule has 0 spiro atoms. The molecule has 0 saturated carbocycles. The lowest BCUT2D eigenvalue weighted by atomic mass is 10.1. The minimum atomic E-state index is -0.0926. The molecule has 0 atom stereocenters. The summed E-state index contributed by atoms with van der Waals surface area (Å²) in [7, 11) is 3.69. The summed E-state index contributed by atoms with van der Waals surface area (Å²) in [6, 6.07) is 5.49. The van der Waals surface area contributed by atoms with Crippen LogP contribution in [0.15, 0.2) is 18.2 Å². The Bertz CT molecular complexity index is 269. The van der Waals surface area contributed by atoms with E-state index in [0.717, 1.165) is 12.0 Å². The van der Waals surface area contributed by atoms with Crippen LogP contribution < -0.4 is 4.90 Å². The van der Waals surface area contributed by atoms with Gasteiger partial charge < -0.3 is 4.90 Å². The van der Waals surface area contributed by atoms with Crippen molar-refractivity contribution in [3.05, 3.63) is 29.6 Å². The second-order valence-electron chi connectivity index (χ2n) is 3.00. The van der Waals surface area contributed by atoms with E-state index in [1.807, 2.05) is 33.2 Å². The Morgan fingerprint density at radius 1 is 1.33 bits per heavy atom. The minimum Gasteiger partial charge on any atom is -0.375 e. The van der Waals surface area contributed by atoms with Gasteiger partial charge in [-0.2, -0.15) is 0 Å². The van der Waals surface area contributed by atoms with Crippen molar-refractivity contribution in [1.29, 1.82) is 0 Å². The lowest BCUT2D eigenvalue weighted by Crippen LogP contribution is -2.11. The van der Waals surface area contributed by atoms with Crippen LogP contribution in [0.4, 0.5) is 10.1 Å². The van der Waals surface area contributed by atoms with Gasteiger partial charge in [-0.25, -0.2) is 4.39 Å². The molecule has 0 saturated heterocycles. The second-order valence-corrected chi connectivity index (χ2v) is 3.00. The van der Waals surface area contributed by atoms with E-state index >= 15 is 0 Å². The molecule has 0 amide bonds. The van der Waals surface area contributed by atoms with Gasteiger partial charge >= 0.3 is 0 Å². The Morgan fingerprint density at radius 3 is 2.50 bits per heavy atom. The molecule has 1 nitrogen and oxygen atoms in total. The Kier molecular flexibility index (Phi) is 2.69. The summed E-state index contributed by atoms with van der Waals surface area (Å²) < 4.78 is 13.5. The fraction of sp³-hybridized carbons (Fsp3) is 0.400. The Morgan fingerprint density at radius 2 is 2.00 bits per heavy atom. The van der Waals surface area contributed by atoms with Crippen LogP contribution in [0.5, 0.6) is 0 Å². The Balaban J connectivity index is 3.14. The van der Waals surface area contributed by atoms with Gasteiger partial charge in [0.25, 0.3) is 0 Å². The largest absolute Gasteiger partial charge is 0.375 e. The molecule has 0 aliphatic rings. The standard InChI is InChI=1S/C10H14FN/c1-4-8-6-5-7-9(10(8)11)12(2)3/h5-7H,4H2,1-3H3. The number of aryl methyl sites for hydroxylation is 1. The third kappa shape index (κ3) is 1.58. The molecular weight excluding hydrogens is 153 g/mol. The number of rotatable bonds is 2. The van der Waals surface area contributed by atoms with Gasteiger partial charge in [0.05, 0.1) is 5.69 Å². The van der Waals surface area contributed by atoms with Gasteiger partial charge in [-0.15, -0.1) is 0 Å². The number of nitrogens with zero attached hydrogens (tertiary/aromatic N) is 1. The lowest BCUT2D eigenvalue weighted by Gasteiger charge is -2.14. The van der Waals surface area contributed by atoms with Crippen LogP contribution in [0.25, 0.3) is 0 Å². The number of halogens is 1. The van der Waals surface area contributed by atoms with Crippen LogP contribution in [-0.4, -0.2) is 14.1 Å². The first kappa shape index (κ1) is 9.04. The fourth-order valence-electron chi connectivity index (χ4n) is 1.18. The van der Waals surface area contributed by atoms with E-state index < -0.39 is 0 Å². The molecule has 0 aromatic heterocycles. The van der Waals surface area contributed by atoms with Gasteiger partial charge in [0.15, 0.2) is 0 Å². The van der Waals surface area contributed by atoms with Gasteiger partial charge in [-0.3, -0.25) is 0 Å². The summed E-state index contributed by atoms with van der Waals surface area (Å²) >= 11 is 0. The molecule has 0 bridgehead atoms. The molecule has 0 heterocycles. The van der Waals surface area contributed by atoms with Crippen molar-refractivity contribution in [2.75, 3.05) is 19.0 Å². The summed E-state index contributed by atoms with van der Waals surface area (Å²) in [4.78, 5) is 1.79. The first-order valence-corrected chi connectivity index (χ1v) is 4.11. The summed E-state index contributed by atoms with van der Waals surface area (Å²) in [5.41, 5.74) is 1.44. The van der Waals surface area contributed by atoms with Crippen molar-refractivity contribution < 1.29 is 4.39 Å². The first-order chi connectivity index (χ1) is 5.66. The zero-order valence-corrected chi connectivity index (χ0v) is 7.76. The maximum atomic E-state index is 13.5. The smallest absolute Gasteiger partial charge is 0.149 e. The molecule has 0 unspecified atom stereocenters. The van der Waals surface area contributed by atoms with Crippen molar-refractivity contribution in [3.63, 3.8) is 0 Å². The number of anilines is 1. The van der Waals surface area contributed by atoms with Crippen LogP contribution in [0.2, 0.25) is 0 Å². The zero-order valence-electron chi connectivity index (χ0n) is 7.76. The Hall–Kier alpha value is -1.05. The molecule has 66 valence electrons. The van der Waals surface area contributed by atoms with Crippen LogP contribution in [0, 0.1) is 5.82 Å². The average molecular weight is 167 g/mol. The summed E-state index contributed by atoms with van der Waals surface area (Å²) in [6.07, 6.45) is 0.744. The van der Waals surface area contributed by atoms with E-state index in [2.05, 4.69) is 0 Å². The van der Waals surface area contributed by atoms with E-state index in [9.17, 15) is 4.39 Å². The number of hydrogen-bond donors (Lipinski definition) is 0. The third-order valence-electron chi connectivity index (χ3n) is 1.92. The van der Waals surface area contributed by atoms with Crippen molar-refractivity contribution in [3.8, 4) is 0 Å². The van der Waals surface area contributed by atoms with Gasteiger partial charge in [-0.1, -0.05) is 19.1 Å². The van der Waals surface area contributed by atoms with Gasteiger partial charge in [-0.05, 0) is 18.1 Å². The maximum absolute atomic E-state index is 13.5. The van der Waals surface area contributed by atoms with Crippen LogP contribution in [-0.2, 0) is 6.42 Å². The van der Waals surface area contributed by atoms with E-state index in [4.69, 9.17) is 0 Å². The normalized spacial score (nSPS) is 10.0. The van der Waals surface area contributed by atoms with Crippen molar-refractivity contribution in [2.45, 2.75) is 13.3 Å². The molecular formula is C10H14FN. The van der Waals surface area contributed by atoms with E-state index in [0.29, 0.717) is 5.69 Å². The third-order valence-corrected chi connectivity index (χ3v) is 1.92. The van der Waals surface area contributed by atoms with Gasteiger partial charge in [0.1, 0.15) is 5.82 Å². The molecule has 12 heavy (non-hydrogen) atoms. The summed E-state index contributed by atoms with van der Waals surface area (Å²) in [6.45, 7) is 1.96. The first-order valence-electron chi connectivity index (χ1n) is 4.11. The number of hydrogen-bond acceptors (Lipinski definition) is 1. The quantitative estimate of drug-likeness (QED) is 0.654. The SMILES string of the molecule is CCc1cccc(N(C)C)c1F. The molecule has 1 rings (SSSR count). The topological polar surface area (TPSA) is 3.24 Å².